The summed E-state index contributed by atoms with van der Waals surface area (Å²) in [5, 5.41) is 7.71. The van der Waals surface area contributed by atoms with Crippen molar-refractivity contribution in [2.45, 2.75) is 0 Å². The van der Waals surface area contributed by atoms with E-state index < -0.39 is 0 Å². The molecule has 0 aliphatic carbocycles. The fourth-order valence-electron chi connectivity index (χ4n) is 9.62. The third-order valence-corrected chi connectivity index (χ3v) is 15.0. The van der Waals surface area contributed by atoms with Gasteiger partial charge in [-0.1, -0.05) is 158 Å². The second-order valence-electron chi connectivity index (χ2n) is 16.3. The number of thiophene rings is 2. The standard InChI is InChI=1S/C59H36N2S2/c1-3-14-37(15-4-1)42-35-52(38-16-5-2-6-17-38)60-53(36-42)41-18-11-19-43(32-41)61-54-30-28-39(44-22-12-24-48-46-20-7-9-26-56(46)62-58(44)48)33-50(54)51-34-40(29-31-55(51)61)45-23-13-25-49-47-21-8-10-27-57(47)63-59(45)49/h1-36H. The van der Waals surface area contributed by atoms with Gasteiger partial charge in [-0.05, 0) is 94.0 Å². The molecule has 0 spiro atoms. The topological polar surface area (TPSA) is 17.8 Å². The van der Waals surface area contributed by atoms with Gasteiger partial charge >= 0.3 is 0 Å². The number of hydrogen-bond acceptors (Lipinski definition) is 3. The van der Waals surface area contributed by atoms with E-state index in [-0.39, 0.29) is 0 Å². The second-order valence-corrected chi connectivity index (χ2v) is 18.4. The van der Waals surface area contributed by atoms with Crippen molar-refractivity contribution in [2.75, 3.05) is 0 Å². The van der Waals surface area contributed by atoms with E-state index in [4.69, 9.17) is 4.98 Å². The molecular formula is C59H36N2S2. The van der Waals surface area contributed by atoms with Crippen LogP contribution in [0, 0.1) is 0 Å². The first-order chi connectivity index (χ1) is 31.2. The summed E-state index contributed by atoms with van der Waals surface area (Å²) < 4.78 is 7.73. The molecule has 0 aliphatic rings. The first kappa shape index (κ1) is 36.1. The third kappa shape index (κ3) is 5.95. The zero-order valence-corrected chi connectivity index (χ0v) is 35.6. The monoisotopic (exact) mass is 836 g/mol. The molecule has 0 atom stereocenters. The summed E-state index contributed by atoms with van der Waals surface area (Å²) in [4.78, 5) is 5.31. The van der Waals surface area contributed by atoms with E-state index >= 15 is 0 Å². The van der Waals surface area contributed by atoms with Crippen LogP contribution < -0.4 is 0 Å². The van der Waals surface area contributed by atoms with Crippen molar-refractivity contribution in [1.82, 2.24) is 9.55 Å². The highest BCUT2D eigenvalue weighted by atomic mass is 32.1. The van der Waals surface area contributed by atoms with E-state index in [1.165, 1.54) is 90.0 Å². The summed E-state index contributed by atoms with van der Waals surface area (Å²) in [5.41, 5.74) is 14.8. The minimum atomic E-state index is 0.940. The highest BCUT2D eigenvalue weighted by Gasteiger charge is 2.19. The predicted octanol–water partition coefficient (Wildman–Crippen LogP) is 17.2. The van der Waals surface area contributed by atoms with Crippen LogP contribution in [-0.4, -0.2) is 9.55 Å². The molecule has 4 heterocycles. The molecular weight excluding hydrogens is 801 g/mol. The van der Waals surface area contributed by atoms with Crippen molar-refractivity contribution in [2.24, 2.45) is 0 Å². The van der Waals surface area contributed by atoms with Gasteiger partial charge in [-0.15, -0.1) is 22.7 Å². The molecule has 0 fully saturated rings. The predicted molar refractivity (Wildman–Crippen MR) is 272 cm³/mol. The van der Waals surface area contributed by atoms with Crippen molar-refractivity contribution in [3.63, 3.8) is 0 Å². The molecule has 0 amide bonds. The number of benzene rings is 9. The molecule has 0 radical (unpaired) electrons. The number of pyridine rings is 1. The third-order valence-electron chi connectivity index (χ3n) is 12.6. The summed E-state index contributed by atoms with van der Waals surface area (Å²) in [6.07, 6.45) is 0. The lowest BCUT2D eigenvalue weighted by atomic mass is 9.98. The fourth-order valence-corrected chi connectivity index (χ4v) is 12.1. The lowest BCUT2D eigenvalue weighted by Crippen LogP contribution is -1.96. The molecule has 4 heteroatoms. The Bertz CT molecular complexity index is 3680. The maximum absolute atomic E-state index is 5.31. The highest BCUT2D eigenvalue weighted by Crippen LogP contribution is 2.45. The maximum atomic E-state index is 5.31. The average molecular weight is 837 g/mol. The molecule has 2 nitrogen and oxygen atoms in total. The lowest BCUT2D eigenvalue weighted by molar-refractivity contribution is 1.18. The molecule has 0 aliphatic heterocycles. The second kappa shape index (κ2) is 14.5. The van der Waals surface area contributed by atoms with Crippen LogP contribution in [-0.2, 0) is 0 Å². The van der Waals surface area contributed by atoms with Crippen LogP contribution in [0.25, 0.3) is 124 Å². The van der Waals surface area contributed by atoms with E-state index in [0.717, 1.165) is 33.8 Å². The number of rotatable bonds is 6. The number of nitrogens with zero attached hydrogens (tertiary/aromatic N) is 2. The van der Waals surface area contributed by atoms with Crippen LogP contribution in [0.4, 0.5) is 0 Å². The van der Waals surface area contributed by atoms with Crippen molar-refractivity contribution < 1.29 is 0 Å². The van der Waals surface area contributed by atoms with E-state index in [1.807, 2.05) is 22.7 Å². The van der Waals surface area contributed by atoms with Crippen molar-refractivity contribution in [3.05, 3.63) is 218 Å². The van der Waals surface area contributed by atoms with Crippen LogP contribution in [0.2, 0.25) is 0 Å². The Morgan fingerprint density at radius 1 is 0.302 bits per heavy atom. The Balaban J connectivity index is 1.03. The van der Waals surface area contributed by atoms with Crippen molar-refractivity contribution in [1.29, 1.82) is 0 Å². The first-order valence-electron chi connectivity index (χ1n) is 21.4. The first-order valence-corrected chi connectivity index (χ1v) is 23.0. The minimum Gasteiger partial charge on any atom is -0.309 e. The van der Waals surface area contributed by atoms with Gasteiger partial charge in [-0.2, -0.15) is 0 Å². The number of aromatic nitrogens is 2. The molecule has 0 N–H and O–H groups in total. The zero-order valence-electron chi connectivity index (χ0n) is 34.0. The summed E-state index contributed by atoms with van der Waals surface area (Å²) >= 11 is 3.77. The SMILES string of the molecule is c1ccc(-c2cc(-c3ccccc3)nc(-c3cccc(-n4c5ccc(-c6cccc7c6sc6ccccc67)cc5c5cc(-c6cccc7c6sc6ccccc67)ccc54)c3)c2)cc1. The molecule has 0 saturated carbocycles. The van der Waals surface area contributed by atoms with Gasteiger partial charge in [0.25, 0.3) is 0 Å². The Morgan fingerprint density at radius 3 is 1.37 bits per heavy atom. The Morgan fingerprint density at radius 2 is 0.778 bits per heavy atom. The van der Waals surface area contributed by atoms with Gasteiger partial charge in [-0.3, -0.25) is 0 Å². The summed E-state index contributed by atoms with van der Waals surface area (Å²) in [6.45, 7) is 0. The maximum Gasteiger partial charge on any atom is 0.0716 e. The highest BCUT2D eigenvalue weighted by molar-refractivity contribution is 7.26. The van der Waals surface area contributed by atoms with Gasteiger partial charge in [0.05, 0.1) is 22.4 Å². The Kier molecular flexibility index (Phi) is 8.30. The molecule has 0 bridgehead atoms. The zero-order chi connectivity index (χ0) is 41.4. The van der Waals surface area contributed by atoms with E-state index in [1.54, 1.807) is 0 Å². The van der Waals surface area contributed by atoms with Crippen LogP contribution in [0.3, 0.4) is 0 Å². The number of hydrogen-bond donors (Lipinski definition) is 0. The largest absolute Gasteiger partial charge is 0.309 e. The summed E-state index contributed by atoms with van der Waals surface area (Å²) in [7, 11) is 0. The van der Waals surface area contributed by atoms with Gasteiger partial charge < -0.3 is 4.57 Å². The molecule has 0 unspecified atom stereocenters. The molecule has 63 heavy (non-hydrogen) atoms. The Hall–Kier alpha value is -7.63. The van der Waals surface area contributed by atoms with Gasteiger partial charge in [0.1, 0.15) is 0 Å². The van der Waals surface area contributed by atoms with Gasteiger partial charge in [0.15, 0.2) is 0 Å². The quantitative estimate of drug-likeness (QED) is 0.163. The molecule has 13 aromatic rings. The van der Waals surface area contributed by atoms with Crippen LogP contribution >= 0.6 is 22.7 Å². The molecule has 13 rings (SSSR count). The van der Waals surface area contributed by atoms with E-state index in [2.05, 4.69) is 223 Å². The van der Waals surface area contributed by atoms with Crippen LogP contribution in [0.1, 0.15) is 0 Å². The summed E-state index contributed by atoms with van der Waals surface area (Å²) in [6, 6.07) is 79.7. The number of fused-ring (bicyclic) bond motifs is 9. The van der Waals surface area contributed by atoms with Crippen molar-refractivity contribution >= 4 is 84.8 Å². The minimum absolute atomic E-state index is 0.940. The van der Waals surface area contributed by atoms with E-state index in [9.17, 15) is 0 Å². The summed E-state index contributed by atoms with van der Waals surface area (Å²) in [5.74, 6) is 0. The van der Waals surface area contributed by atoms with Crippen LogP contribution in [0.5, 0.6) is 0 Å². The Labute approximate surface area is 372 Å². The van der Waals surface area contributed by atoms with Crippen molar-refractivity contribution in [3.8, 4) is 61.6 Å². The lowest BCUT2D eigenvalue weighted by Gasteiger charge is -2.13. The molecule has 9 aromatic carbocycles. The smallest absolute Gasteiger partial charge is 0.0716 e. The van der Waals surface area contributed by atoms with E-state index in [0.29, 0.717) is 0 Å². The van der Waals surface area contributed by atoms with Crippen LogP contribution in [0.15, 0.2) is 218 Å². The van der Waals surface area contributed by atoms with Gasteiger partial charge in [-0.25, -0.2) is 4.98 Å². The van der Waals surface area contributed by atoms with Gasteiger partial charge in [0.2, 0.25) is 0 Å². The van der Waals surface area contributed by atoms with Gasteiger partial charge in [0, 0.05) is 67.9 Å². The average Bonchev–Trinajstić information content (AvgIpc) is 4.04. The molecule has 4 aromatic heterocycles. The molecule has 0 saturated heterocycles. The normalized spacial score (nSPS) is 11.8. The molecule has 294 valence electrons. The fraction of sp³-hybridized carbons (Fsp3) is 0.